The summed E-state index contributed by atoms with van der Waals surface area (Å²) >= 11 is 0. The first-order chi connectivity index (χ1) is 6.13. The van der Waals surface area contributed by atoms with Crippen molar-refractivity contribution in [1.29, 1.82) is 0 Å². The predicted molar refractivity (Wildman–Crippen MR) is 45.6 cm³/mol. The molecule has 0 bridgehead atoms. The number of rotatable bonds is 1. The molecule has 0 aliphatic carbocycles. The van der Waals surface area contributed by atoms with Gasteiger partial charge in [-0.15, -0.1) is 6.42 Å². The second kappa shape index (κ2) is 3.72. The van der Waals surface area contributed by atoms with Crippen molar-refractivity contribution < 1.29 is 13.9 Å². The van der Waals surface area contributed by atoms with E-state index in [1.165, 1.54) is 18.2 Å². The van der Waals surface area contributed by atoms with Crippen LogP contribution in [0.25, 0.3) is 0 Å². The summed E-state index contributed by atoms with van der Waals surface area (Å²) in [6.45, 7) is 1.63. The maximum Gasteiger partial charge on any atom is 0.389 e. The molecule has 3 heteroatoms. The molecular formula is C10H7FO2. The Hall–Kier alpha value is -1.82. The molecule has 0 aliphatic heterocycles. The highest BCUT2D eigenvalue weighted by Crippen LogP contribution is 2.18. The first-order valence-electron chi connectivity index (χ1n) is 3.58. The highest BCUT2D eigenvalue weighted by molar-refractivity contribution is 5.89. The van der Waals surface area contributed by atoms with Crippen molar-refractivity contribution in [3.05, 3.63) is 29.6 Å². The molecule has 0 aliphatic rings. The van der Waals surface area contributed by atoms with Gasteiger partial charge in [0, 0.05) is 5.92 Å². The second-order valence-electron chi connectivity index (χ2n) is 2.44. The minimum absolute atomic E-state index is 0.282. The topological polar surface area (TPSA) is 26.3 Å². The van der Waals surface area contributed by atoms with Crippen molar-refractivity contribution in [3.8, 4) is 18.1 Å². The standard InChI is InChI=1S/C10H7FO2/c1-3-10(12)13-9-5-4-8(11)6-7(9)2/h1,4-6H,2H3. The van der Waals surface area contributed by atoms with Crippen molar-refractivity contribution in [1.82, 2.24) is 0 Å². The summed E-state index contributed by atoms with van der Waals surface area (Å²) < 4.78 is 17.3. The summed E-state index contributed by atoms with van der Waals surface area (Å²) in [5, 5.41) is 0. The summed E-state index contributed by atoms with van der Waals surface area (Å²) in [5.74, 6) is 0.923. The van der Waals surface area contributed by atoms with Crippen molar-refractivity contribution >= 4 is 5.97 Å². The highest BCUT2D eigenvalue weighted by Gasteiger charge is 2.04. The van der Waals surface area contributed by atoms with Gasteiger partial charge in [0.1, 0.15) is 11.6 Å². The van der Waals surface area contributed by atoms with E-state index in [4.69, 9.17) is 11.2 Å². The molecule has 1 aromatic carbocycles. The summed E-state index contributed by atoms with van der Waals surface area (Å²) in [6.07, 6.45) is 4.80. The van der Waals surface area contributed by atoms with E-state index in [2.05, 4.69) is 0 Å². The first-order valence-corrected chi connectivity index (χ1v) is 3.58. The van der Waals surface area contributed by atoms with E-state index in [0.29, 0.717) is 5.56 Å². The zero-order valence-electron chi connectivity index (χ0n) is 7.00. The molecule has 0 aromatic heterocycles. The van der Waals surface area contributed by atoms with Gasteiger partial charge in [-0.1, -0.05) is 0 Å². The molecule has 1 aromatic rings. The fraction of sp³-hybridized carbons (Fsp3) is 0.100. The Morgan fingerprint density at radius 2 is 2.31 bits per heavy atom. The molecule has 0 saturated heterocycles. The van der Waals surface area contributed by atoms with Crippen LogP contribution in [0.4, 0.5) is 4.39 Å². The predicted octanol–water partition coefficient (Wildman–Crippen LogP) is 1.67. The van der Waals surface area contributed by atoms with Gasteiger partial charge in [-0.05, 0) is 30.7 Å². The van der Waals surface area contributed by atoms with Crippen LogP contribution in [0.1, 0.15) is 5.56 Å². The number of ether oxygens (including phenoxy) is 1. The molecule has 0 radical (unpaired) electrons. The number of carbonyl (C=O) groups excluding carboxylic acids is 1. The quantitative estimate of drug-likeness (QED) is 0.283. The summed E-state index contributed by atoms with van der Waals surface area (Å²) in [5.41, 5.74) is 0.531. The van der Waals surface area contributed by atoms with Gasteiger partial charge in [0.05, 0.1) is 0 Å². The largest absolute Gasteiger partial charge is 0.417 e. The number of esters is 1. The molecule has 0 fully saturated rings. The summed E-state index contributed by atoms with van der Waals surface area (Å²) in [4.78, 5) is 10.7. The molecular weight excluding hydrogens is 171 g/mol. The number of benzene rings is 1. The Morgan fingerprint density at radius 1 is 1.62 bits per heavy atom. The van der Waals surface area contributed by atoms with Crippen LogP contribution in [0.2, 0.25) is 0 Å². The molecule has 0 unspecified atom stereocenters. The molecule has 0 atom stereocenters. The van der Waals surface area contributed by atoms with Gasteiger partial charge in [-0.3, -0.25) is 0 Å². The molecule has 0 heterocycles. The van der Waals surface area contributed by atoms with Crippen LogP contribution in [0.15, 0.2) is 18.2 Å². The molecule has 0 saturated carbocycles. The van der Waals surface area contributed by atoms with Crippen LogP contribution in [-0.2, 0) is 4.79 Å². The SMILES string of the molecule is C#CC(=O)Oc1ccc(F)cc1C. The van der Waals surface area contributed by atoms with E-state index in [-0.39, 0.29) is 11.6 Å². The summed E-state index contributed by atoms with van der Waals surface area (Å²) in [6, 6.07) is 3.82. The third kappa shape index (κ3) is 2.31. The summed E-state index contributed by atoms with van der Waals surface area (Å²) in [7, 11) is 0. The van der Waals surface area contributed by atoms with Gasteiger partial charge in [0.25, 0.3) is 0 Å². The van der Waals surface area contributed by atoms with Gasteiger partial charge < -0.3 is 4.74 Å². The van der Waals surface area contributed by atoms with E-state index in [1.807, 2.05) is 0 Å². The Morgan fingerprint density at radius 3 is 2.85 bits per heavy atom. The molecule has 2 nitrogen and oxygen atoms in total. The maximum absolute atomic E-state index is 12.6. The van der Waals surface area contributed by atoms with Crippen molar-refractivity contribution in [3.63, 3.8) is 0 Å². The fourth-order valence-electron chi connectivity index (χ4n) is 0.857. The average molecular weight is 178 g/mol. The molecule has 66 valence electrons. The second-order valence-corrected chi connectivity index (χ2v) is 2.44. The number of aryl methyl sites for hydroxylation is 1. The number of carbonyl (C=O) groups is 1. The van der Waals surface area contributed by atoms with E-state index in [1.54, 1.807) is 12.8 Å². The lowest BCUT2D eigenvalue weighted by molar-refractivity contribution is -0.128. The molecule has 0 N–H and O–H groups in total. The lowest BCUT2D eigenvalue weighted by atomic mass is 10.2. The van der Waals surface area contributed by atoms with Gasteiger partial charge in [-0.25, -0.2) is 9.18 Å². The number of hydrogen-bond donors (Lipinski definition) is 0. The van der Waals surface area contributed by atoms with E-state index >= 15 is 0 Å². The monoisotopic (exact) mass is 178 g/mol. The third-order valence-corrected chi connectivity index (χ3v) is 1.46. The molecule has 0 spiro atoms. The van der Waals surface area contributed by atoms with Crippen molar-refractivity contribution in [2.24, 2.45) is 0 Å². The number of halogens is 1. The smallest absolute Gasteiger partial charge is 0.389 e. The third-order valence-electron chi connectivity index (χ3n) is 1.46. The van der Waals surface area contributed by atoms with Crippen molar-refractivity contribution in [2.45, 2.75) is 6.92 Å². The Balaban J connectivity index is 2.91. The van der Waals surface area contributed by atoms with Gasteiger partial charge in [-0.2, -0.15) is 0 Å². The Bertz CT molecular complexity index is 377. The zero-order valence-corrected chi connectivity index (χ0v) is 7.00. The van der Waals surface area contributed by atoms with Crippen LogP contribution in [0.5, 0.6) is 5.75 Å². The van der Waals surface area contributed by atoms with Crippen LogP contribution in [-0.4, -0.2) is 5.97 Å². The maximum atomic E-state index is 12.6. The average Bonchev–Trinajstić information content (AvgIpc) is 2.09. The van der Waals surface area contributed by atoms with Gasteiger partial charge in [0.2, 0.25) is 0 Å². The minimum Gasteiger partial charge on any atom is -0.417 e. The fourth-order valence-corrected chi connectivity index (χ4v) is 0.857. The molecule has 13 heavy (non-hydrogen) atoms. The van der Waals surface area contributed by atoms with Crippen LogP contribution in [0.3, 0.4) is 0 Å². The number of hydrogen-bond acceptors (Lipinski definition) is 2. The minimum atomic E-state index is -0.783. The molecule has 1 rings (SSSR count). The van der Waals surface area contributed by atoms with E-state index in [9.17, 15) is 9.18 Å². The normalized spacial score (nSPS) is 9.00. The molecule has 0 amide bonds. The lowest BCUT2D eigenvalue weighted by Gasteiger charge is -2.03. The highest BCUT2D eigenvalue weighted by atomic mass is 19.1. The lowest BCUT2D eigenvalue weighted by Crippen LogP contribution is -2.05. The zero-order chi connectivity index (χ0) is 9.84. The van der Waals surface area contributed by atoms with Gasteiger partial charge in [0.15, 0.2) is 0 Å². The van der Waals surface area contributed by atoms with E-state index in [0.717, 1.165) is 0 Å². The Labute approximate surface area is 75.3 Å². The van der Waals surface area contributed by atoms with Crippen LogP contribution in [0, 0.1) is 25.1 Å². The van der Waals surface area contributed by atoms with Crippen LogP contribution >= 0.6 is 0 Å². The van der Waals surface area contributed by atoms with Crippen molar-refractivity contribution in [2.75, 3.05) is 0 Å². The Kier molecular flexibility index (Phi) is 2.65. The number of terminal acetylenes is 1. The first kappa shape index (κ1) is 9.27. The van der Waals surface area contributed by atoms with E-state index < -0.39 is 5.97 Å². The van der Waals surface area contributed by atoms with Crippen LogP contribution < -0.4 is 4.74 Å². The van der Waals surface area contributed by atoms with Gasteiger partial charge >= 0.3 is 5.97 Å².